The van der Waals surface area contributed by atoms with Crippen molar-refractivity contribution >= 4 is 23.0 Å². The molecule has 0 bridgehead atoms. The minimum Gasteiger partial charge on any atom is -0.337 e. The van der Waals surface area contributed by atoms with Crippen LogP contribution in [0, 0.1) is 0 Å². The molecule has 3 nitrogen and oxygen atoms in total. The lowest BCUT2D eigenvalue weighted by molar-refractivity contribution is -0.179. The quantitative estimate of drug-likeness (QED) is 0.475. The van der Waals surface area contributed by atoms with Gasteiger partial charge in [-0.05, 0) is 24.1 Å². The van der Waals surface area contributed by atoms with Crippen molar-refractivity contribution in [1.29, 1.82) is 0 Å². The van der Waals surface area contributed by atoms with Gasteiger partial charge in [0.05, 0.1) is 13.7 Å². The van der Waals surface area contributed by atoms with E-state index >= 15 is 0 Å². The topological polar surface area (TPSA) is 27.7 Å². The molecule has 0 saturated carbocycles. The third-order valence-electron chi connectivity index (χ3n) is 1.92. The van der Waals surface area contributed by atoms with E-state index in [9.17, 15) is 0 Å². The van der Waals surface area contributed by atoms with Crippen LogP contribution in [0.1, 0.15) is 18.1 Å². The largest absolute Gasteiger partial charge is 0.337 e. The fourth-order valence-corrected chi connectivity index (χ4v) is 1.53. The second-order valence-electron chi connectivity index (χ2n) is 2.80. The van der Waals surface area contributed by atoms with Crippen LogP contribution in [0.3, 0.4) is 0 Å². The Kier molecular flexibility index (Phi) is 5.21. The second-order valence-corrected chi connectivity index (χ2v) is 3.42. The number of rotatable bonds is 5. The van der Waals surface area contributed by atoms with Crippen LogP contribution in [0.2, 0.25) is 0 Å². The predicted molar refractivity (Wildman–Crippen MR) is 62.3 cm³/mol. The Bertz CT molecular complexity index is 289. The normalized spacial score (nSPS) is 10.2. The summed E-state index contributed by atoms with van der Waals surface area (Å²) in [5.74, 6) is 0.710. The van der Waals surface area contributed by atoms with E-state index in [-0.39, 0.29) is 0 Å². The third-order valence-corrected chi connectivity index (χ3v) is 2.23. The van der Waals surface area contributed by atoms with Crippen LogP contribution in [0.15, 0.2) is 18.2 Å². The van der Waals surface area contributed by atoms with E-state index in [1.54, 1.807) is 0 Å². The van der Waals surface area contributed by atoms with Gasteiger partial charge in [-0.2, -0.15) is 4.89 Å². The van der Waals surface area contributed by atoms with Gasteiger partial charge >= 0.3 is 0 Å². The Hall–Kier alpha value is -0.330. The molecular weight excluding hydrogens is 295 g/mol. The summed E-state index contributed by atoms with van der Waals surface area (Å²) in [5.41, 5.74) is 2.26. The molecule has 0 N–H and O–H groups in total. The maximum Gasteiger partial charge on any atom is 0.170 e. The summed E-state index contributed by atoms with van der Waals surface area (Å²) in [7, 11) is 1.49. The van der Waals surface area contributed by atoms with Crippen LogP contribution in [0.25, 0.3) is 0 Å². The number of hydrogen-bond acceptors (Lipinski definition) is 3. The standard InChI is InChI=1S/C10H13IO3/c1-3-8-4-5-10(14-12-2)9(6-8)7-13-11/h4-6H,3,7H2,1-2H3. The zero-order chi connectivity index (χ0) is 10.4. The van der Waals surface area contributed by atoms with E-state index in [0.717, 1.165) is 12.0 Å². The molecule has 78 valence electrons. The summed E-state index contributed by atoms with van der Waals surface area (Å²) < 4.78 is 5.05. The van der Waals surface area contributed by atoms with Crippen molar-refractivity contribution in [2.45, 2.75) is 20.0 Å². The van der Waals surface area contributed by atoms with Crippen LogP contribution < -0.4 is 4.89 Å². The zero-order valence-corrected chi connectivity index (χ0v) is 10.4. The molecule has 1 aromatic rings. The van der Waals surface area contributed by atoms with Gasteiger partial charge in [-0.15, -0.1) is 0 Å². The van der Waals surface area contributed by atoms with Gasteiger partial charge in [0.2, 0.25) is 0 Å². The molecule has 0 heterocycles. The number of benzene rings is 1. The highest BCUT2D eigenvalue weighted by molar-refractivity contribution is 14.1. The highest BCUT2D eigenvalue weighted by Gasteiger charge is 2.05. The molecule has 1 rings (SSSR count). The van der Waals surface area contributed by atoms with Crippen molar-refractivity contribution in [2.24, 2.45) is 0 Å². The van der Waals surface area contributed by atoms with Gasteiger partial charge in [0.25, 0.3) is 0 Å². The molecular formula is C10H13IO3. The highest BCUT2D eigenvalue weighted by Crippen LogP contribution is 2.22. The lowest BCUT2D eigenvalue weighted by Crippen LogP contribution is -1.97. The molecule has 0 aliphatic rings. The van der Waals surface area contributed by atoms with E-state index in [2.05, 4.69) is 17.9 Å². The summed E-state index contributed by atoms with van der Waals surface area (Å²) in [6.45, 7) is 2.63. The molecule has 0 unspecified atom stereocenters. The Morgan fingerprint density at radius 2 is 2.14 bits per heavy atom. The van der Waals surface area contributed by atoms with Crippen molar-refractivity contribution in [2.75, 3.05) is 7.11 Å². The molecule has 0 fully saturated rings. The van der Waals surface area contributed by atoms with Gasteiger partial charge < -0.3 is 7.95 Å². The molecule has 0 atom stereocenters. The number of aryl methyl sites for hydroxylation is 1. The molecule has 14 heavy (non-hydrogen) atoms. The first-order valence-corrected chi connectivity index (χ1v) is 5.26. The van der Waals surface area contributed by atoms with Gasteiger partial charge in [-0.25, -0.2) is 0 Å². The van der Waals surface area contributed by atoms with Crippen LogP contribution in [-0.2, 0) is 21.0 Å². The van der Waals surface area contributed by atoms with Gasteiger partial charge in [0.1, 0.15) is 23.0 Å². The minimum atomic E-state index is 0.521. The van der Waals surface area contributed by atoms with Crippen LogP contribution in [0.4, 0.5) is 0 Å². The van der Waals surface area contributed by atoms with E-state index in [0.29, 0.717) is 12.4 Å². The number of halogens is 1. The summed E-state index contributed by atoms with van der Waals surface area (Å²) in [5, 5.41) is 0. The van der Waals surface area contributed by atoms with Crippen molar-refractivity contribution in [3.05, 3.63) is 29.3 Å². The molecule has 0 spiro atoms. The minimum absolute atomic E-state index is 0.521. The molecule has 4 heteroatoms. The molecule has 0 aliphatic heterocycles. The predicted octanol–water partition coefficient (Wildman–Crippen LogP) is 3.06. The number of hydrogen-bond donors (Lipinski definition) is 0. The van der Waals surface area contributed by atoms with Gasteiger partial charge in [0, 0.05) is 5.56 Å². The smallest absolute Gasteiger partial charge is 0.170 e. The van der Waals surface area contributed by atoms with Gasteiger partial charge in [0.15, 0.2) is 5.75 Å². The van der Waals surface area contributed by atoms with Crippen molar-refractivity contribution in [3.8, 4) is 5.75 Å². The Morgan fingerprint density at radius 1 is 1.36 bits per heavy atom. The summed E-state index contributed by atoms with van der Waals surface area (Å²) in [6.07, 6.45) is 1.00. The Labute approximate surface area is 98.0 Å². The first-order valence-electron chi connectivity index (χ1n) is 4.37. The lowest BCUT2D eigenvalue weighted by Gasteiger charge is -2.08. The van der Waals surface area contributed by atoms with E-state index < -0.39 is 0 Å². The van der Waals surface area contributed by atoms with Gasteiger partial charge in [-0.1, -0.05) is 13.0 Å². The molecule has 0 aromatic heterocycles. The average Bonchev–Trinajstić information content (AvgIpc) is 2.21. The fourth-order valence-electron chi connectivity index (χ4n) is 1.20. The van der Waals surface area contributed by atoms with Crippen molar-refractivity contribution < 1.29 is 12.8 Å². The Balaban J connectivity index is 2.91. The Morgan fingerprint density at radius 3 is 2.71 bits per heavy atom. The maximum absolute atomic E-state index is 5.05. The molecule has 0 amide bonds. The van der Waals surface area contributed by atoms with Crippen LogP contribution >= 0.6 is 23.0 Å². The average molecular weight is 308 g/mol. The fraction of sp³-hybridized carbons (Fsp3) is 0.400. The monoisotopic (exact) mass is 308 g/mol. The van der Waals surface area contributed by atoms with E-state index in [4.69, 9.17) is 7.95 Å². The summed E-state index contributed by atoms with van der Waals surface area (Å²) in [6, 6.07) is 5.98. The first-order chi connectivity index (χ1) is 6.81. The van der Waals surface area contributed by atoms with Gasteiger partial charge in [-0.3, -0.25) is 0 Å². The summed E-state index contributed by atoms with van der Waals surface area (Å²) >= 11 is 1.86. The lowest BCUT2D eigenvalue weighted by atomic mass is 10.1. The maximum atomic E-state index is 5.05. The van der Waals surface area contributed by atoms with E-state index in [1.807, 2.05) is 35.1 Å². The first kappa shape index (κ1) is 11.7. The molecule has 0 aliphatic carbocycles. The molecule has 0 radical (unpaired) electrons. The van der Waals surface area contributed by atoms with Crippen molar-refractivity contribution in [3.63, 3.8) is 0 Å². The molecule has 1 aromatic carbocycles. The van der Waals surface area contributed by atoms with Crippen molar-refractivity contribution in [1.82, 2.24) is 0 Å². The highest BCUT2D eigenvalue weighted by atomic mass is 127. The van der Waals surface area contributed by atoms with Crippen LogP contribution in [-0.4, -0.2) is 7.11 Å². The molecule has 0 saturated heterocycles. The second kappa shape index (κ2) is 6.21. The third kappa shape index (κ3) is 3.11. The van der Waals surface area contributed by atoms with E-state index in [1.165, 1.54) is 12.7 Å². The SMILES string of the molecule is CCc1ccc(OOC)c(COI)c1. The zero-order valence-electron chi connectivity index (χ0n) is 8.25. The van der Waals surface area contributed by atoms with Crippen LogP contribution in [0.5, 0.6) is 5.75 Å². The summed E-state index contributed by atoms with van der Waals surface area (Å²) in [4.78, 5) is 9.64.